The average molecular weight is 179 g/mol. The molecule has 2 heteroatoms. The van der Waals surface area contributed by atoms with Crippen LogP contribution in [-0.4, -0.2) is 11.9 Å². The van der Waals surface area contributed by atoms with Crippen LogP contribution >= 0.6 is 0 Å². The molecule has 0 aromatic heterocycles. The topological polar surface area (TPSA) is 29.1 Å². The van der Waals surface area contributed by atoms with Crippen molar-refractivity contribution >= 4 is 5.91 Å². The van der Waals surface area contributed by atoms with E-state index in [0.29, 0.717) is 6.04 Å². The van der Waals surface area contributed by atoms with E-state index in [4.69, 9.17) is 0 Å². The smallest absolute Gasteiger partial charge is 0.246 e. The number of nitrogens with one attached hydrogen (secondary N) is 1. The van der Waals surface area contributed by atoms with E-state index >= 15 is 0 Å². The minimum absolute atomic E-state index is 0.121. The Morgan fingerprint density at radius 3 is 2.69 bits per heavy atom. The van der Waals surface area contributed by atoms with Crippen LogP contribution in [0.15, 0.2) is 11.6 Å². The molecule has 0 aromatic rings. The zero-order chi connectivity index (χ0) is 9.42. The molecular formula is C11H17NO. The predicted molar refractivity (Wildman–Crippen MR) is 52.2 cm³/mol. The third-order valence-electron chi connectivity index (χ3n) is 3.17. The third kappa shape index (κ3) is 1.93. The number of carbonyl (C=O) groups excluding carboxylic acids is 1. The van der Waals surface area contributed by atoms with Crippen molar-refractivity contribution in [2.45, 2.75) is 39.2 Å². The Labute approximate surface area is 79.4 Å². The van der Waals surface area contributed by atoms with E-state index in [-0.39, 0.29) is 5.91 Å². The van der Waals surface area contributed by atoms with E-state index in [0.717, 1.165) is 17.4 Å². The summed E-state index contributed by atoms with van der Waals surface area (Å²) in [7, 11) is 0. The van der Waals surface area contributed by atoms with E-state index in [9.17, 15) is 4.79 Å². The molecule has 0 aliphatic heterocycles. The summed E-state index contributed by atoms with van der Waals surface area (Å²) in [5, 5.41) is 3.07. The second-order valence-corrected chi connectivity index (χ2v) is 4.29. The second kappa shape index (κ2) is 3.17. The molecule has 13 heavy (non-hydrogen) atoms. The lowest BCUT2D eigenvalue weighted by molar-refractivity contribution is -0.117. The SMILES string of the molecule is C/C=C(/C)C(=O)NC1CC1C1CC1. The van der Waals surface area contributed by atoms with Crippen molar-refractivity contribution < 1.29 is 4.79 Å². The predicted octanol–water partition coefficient (Wildman–Crippen LogP) is 1.87. The van der Waals surface area contributed by atoms with Gasteiger partial charge in [0.1, 0.15) is 0 Å². The largest absolute Gasteiger partial charge is 0.349 e. The van der Waals surface area contributed by atoms with Crippen molar-refractivity contribution in [1.82, 2.24) is 5.32 Å². The second-order valence-electron chi connectivity index (χ2n) is 4.29. The molecule has 2 saturated carbocycles. The van der Waals surface area contributed by atoms with Gasteiger partial charge >= 0.3 is 0 Å². The summed E-state index contributed by atoms with van der Waals surface area (Å²) in [6, 6.07) is 0.495. The average Bonchev–Trinajstić information content (AvgIpc) is 2.93. The number of allylic oxidation sites excluding steroid dienone is 1. The highest BCUT2D eigenvalue weighted by Crippen LogP contribution is 2.49. The quantitative estimate of drug-likeness (QED) is 0.658. The van der Waals surface area contributed by atoms with Gasteiger partial charge in [-0.25, -0.2) is 0 Å². The van der Waals surface area contributed by atoms with Crippen LogP contribution in [-0.2, 0) is 4.79 Å². The first kappa shape index (κ1) is 8.79. The molecule has 0 heterocycles. The Morgan fingerprint density at radius 2 is 2.15 bits per heavy atom. The summed E-state index contributed by atoms with van der Waals surface area (Å²) in [4.78, 5) is 11.4. The van der Waals surface area contributed by atoms with Gasteiger partial charge in [-0.15, -0.1) is 0 Å². The van der Waals surface area contributed by atoms with Gasteiger partial charge in [0.25, 0.3) is 0 Å². The lowest BCUT2D eigenvalue weighted by Crippen LogP contribution is -2.27. The number of amides is 1. The van der Waals surface area contributed by atoms with Crippen LogP contribution in [0.5, 0.6) is 0 Å². The molecule has 2 fully saturated rings. The van der Waals surface area contributed by atoms with Gasteiger partial charge in [-0.05, 0) is 44.9 Å². The highest BCUT2D eigenvalue weighted by molar-refractivity contribution is 5.93. The zero-order valence-corrected chi connectivity index (χ0v) is 8.34. The van der Waals surface area contributed by atoms with Gasteiger partial charge in [0.05, 0.1) is 0 Å². The van der Waals surface area contributed by atoms with Crippen LogP contribution in [0, 0.1) is 11.8 Å². The van der Waals surface area contributed by atoms with E-state index in [1.165, 1.54) is 19.3 Å². The van der Waals surface area contributed by atoms with Crippen molar-refractivity contribution in [2.24, 2.45) is 11.8 Å². The Kier molecular flexibility index (Phi) is 2.14. The van der Waals surface area contributed by atoms with E-state index in [2.05, 4.69) is 5.32 Å². The van der Waals surface area contributed by atoms with Crippen LogP contribution < -0.4 is 5.32 Å². The number of hydrogen-bond acceptors (Lipinski definition) is 1. The van der Waals surface area contributed by atoms with Crippen molar-refractivity contribution in [3.63, 3.8) is 0 Å². The zero-order valence-electron chi connectivity index (χ0n) is 8.34. The maximum absolute atomic E-state index is 11.4. The molecule has 0 saturated heterocycles. The molecule has 0 spiro atoms. The van der Waals surface area contributed by atoms with Crippen LogP contribution in [0.3, 0.4) is 0 Å². The molecule has 2 aliphatic rings. The molecule has 72 valence electrons. The summed E-state index contributed by atoms with van der Waals surface area (Å²) in [6.45, 7) is 3.77. The summed E-state index contributed by atoms with van der Waals surface area (Å²) in [5.41, 5.74) is 0.835. The summed E-state index contributed by atoms with van der Waals surface area (Å²) >= 11 is 0. The molecule has 1 amide bonds. The number of carbonyl (C=O) groups is 1. The van der Waals surface area contributed by atoms with Gasteiger partial charge < -0.3 is 5.32 Å². The van der Waals surface area contributed by atoms with Gasteiger partial charge in [0, 0.05) is 11.6 Å². The molecule has 0 radical (unpaired) electrons. The minimum Gasteiger partial charge on any atom is -0.349 e. The molecular weight excluding hydrogens is 162 g/mol. The Morgan fingerprint density at radius 1 is 1.46 bits per heavy atom. The van der Waals surface area contributed by atoms with Crippen LogP contribution in [0.1, 0.15) is 33.1 Å². The number of rotatable bonds is 3. The van der Waals surface area contributed by atoms with Crippen LogP contribution in [0.25, 0.3) is 0 Å². The lowest BCUT2D eigenvalue weighted by atomic mass is 10.2. The fourth-order valence-corrected chi connectivity index (χ4v) is 1.84. The minimum atomic E-state index is 0.121. The van der Waals surface area contributed by atoms with E-state index in [1.807, 2.05) is 19.9 Å². The highest BCUT2D eigenvalue weighted by atomic mass is 16.1. The normalized spacial score (nSPS) is 32.9. The fourth-order valence-electron chi connectivity index (χ4n) is 1.84. The van der Waals surface area contributed by atoms with Crippen LogP contribution in [0.4, 0.5) is 0 Å². The molecule has 0 aromatic carbocycles. The Hall–Kier alpha value is -0.790. The highest BCUT2D eigenvalue weighted by Gasteiger charge is 2.48. The molecule has 1 N–H and O–H groups in total. The first-order valence-electron chi connectivity index (χ1n) is 5.16. The maximum atomic E-state index is 11.4. The fraction of sp³-hybridized carbons (Fsp3) is 0.727. The first-order valence-corrected chi connectivity index (χ1v) is 5.16. The van der Waals surface area contributed by atoms with Crippen molar-refractivity contribution in [2.75, 3.05) is 0 Å². The molecule has 2 atom stereocenters. The van der Waals surface area contributed by atoms with E-state index in [1.54, 1.807) is 0 Å². The van der Waals surface area contributed by atoms with Gasteiger partial charge in [0.2, 0.25) is 5.91 Å². The van der Waals surface area contributed by atoms with Crippen molar-refractivity contribution in [3.8, 4) is 0 Å². The third-order valence-corrected chi connectivity index (χ3v) is 3.17. The van der Waals surface area contributed by atoms with Gasteiger partial charge in [-0.3, -0.25) is 4.79 Å². The summed E-state index contributed by atoms with van der Waals surface area (Å²) in [6.07, 6.45) is 5.86. The number of hydrogen-bond donors (Lipinski definition) is 1. The molecule has 2 nitrogen and oxygen atoms in total. The van der Waals surface area contributed by atoms with Gasteiger partial charge in [-0.2, -0.15) is 0 Å². The molecule has 2 aliphatic carbocycles. The summed E-state index contributed by atoms with van der Waals surface area (Å²) < 4.78 is 0. The standard InChI is InChI=1S/C11H17NO/c1-3-7(2)11(13)12-10-6-9(10)8-4-5-8/h3,8-10H,4-6H2,1-2H3,(H,12,13)/b7-3-. The molecule has 2 rings (SSSR count). The first-order chi connectivity index (χ1) is 6.22. The van der Waals surface area contributed by atoms with Gasteiger partial charge in [-0.1, -0.05) is 6.08 Å². The van der Waals surface area contributed by atoms with Crippen LogP contribution in [0.2, 0.25) is 0 Å². The van der Waals surface area contributed by atoms with Crippen molar-refractivity contribution in [3.05, 3.63) is 11.6 Å². The maximum Gasteiger partial charge on any atom is 0.246 e. The van der Waals surface area contributed by atoms with Gasteiger partial charge in [0.15, 0.2) is 0 Å². The summed E-state index contributed by atoms with van der Waals surface area (Å²) in [5.74, 6) is 1.88. The van der Waals surface area contributed by atoms with Crippen molar-refractivity contribution in [1.29, 1.82) is 0 Å². The Bertz CT molecular complexity index is 253. The molecule has 0 bridgehead atoms. The monoisotopic (exact) mass is 179 g/mol. The Balaban J connectivity index is 1.76. The lowest BCUT2D eigenvalue weighted by Gasteiger charge is -2.03. The van der Waals surface area contributed by atoms with E-state index < -0.39 is 0 Å². The molecule has 2 unspecified atom stereocenters.